The molecule has 0 spiro atoms. The van der Waals surface area contributed by atoms with Gasteiger partial charge in [-0.15, -0.1) is 0 Å². The Labute approximate surface area is 199 Å². The van der Waals surface area contributed by atoms with E-state index < -0.39 is 10.0 Å². The number of nitrogens with zero attached hydrogens (tertiary/aromatic N) is 3. The molecule has 0 radical (unpaired) electrons. The zero-order valence-electron chi connectivity index (χ0n) is 19.0. The minimum Gasteiger partial charge on any atom is -0.356 e. The molecule has 0 saturated carbocycles. The fourth-order valence-electron chi connectivity index (χ4n) is 4.19. The molecule has 1 aromatic heterocycles. The molecule has 5 rings (SSSR count). The van der Waals surface area contributed by atoms with Crippen molar-refractivity contribution in [2.45, 2.75) is 31.1 Å². The molecule has 8 heteroatoms. The molecule has 1 aliphatic rings. The maximum Gasteiger partial charge on any atom is 0.261 e. The number of piperidine rings is 1. The lowest BCUT2D eigenvalue weighted by Gasteiger charge is -2.28. The highest BCUT2D eigenvalue weighted by atomic mass is 32.2. The molecule has 174 valence electrons. The molecule has 1 saturated heterocycles. The minimum absolute atomic E-state index is 0.229. The van der Waals surface area contributed by atoms with E-state index >= 15 is 0 Å². The minimum atomic E-state index is -3.70. The summed E-state index contributed by atoms with van der Waals surface area (Å²) in [7, 11) is -3.70. The van der Waals surface area contributed by atoms with Crippen molar-refractivity contribution in [2.24, 2.45) is 0 Å². The van der Waals surface area contributed by atoms with Crippen molar-refractivity contribution in [1.82, 2.24) is 9.97 Å². The van der Waals surface area contributed by atoms with Gasteiger partial charge in [0, 0.05) is 36.2 Å². The van der Waals surface area contributed by atoms with Crippen molar-refractivity contribution < 1.29 is 8.42 Å². The van der Waals surface area contributed by atoms with E-state index in [4.69, 9.17) is 4.98 Å². The summed E-state index contributed by atoms with van der Waals surface area (Å²) in [5, 5.41) is 5.12. The lowest BCUT2D eigenvalue weighted by atomic mass is 10.1. The fourth-order valence-corrected chi connectivity index (χ4v) is 5.29. The summed E-state index contributed by atoms with van der Waals surface area (Å²) < 4.78 is 28.4. The van der Waals surface area contributed by atoms with Crippen LogP contribution in [0, 0.1) is 6.92 Å². The molecule has 0 amide bonds. The average molecular weight is 474 g/mol. The molecule has 0 aliphatic carbocycles. The van der Waals surface area contributed by atoms with E-state index in [1.165, 1.54) is 19.3 Å². The number of hydrogen-bond donors (Lipinski definition) is 2. The summed E-state index contributed by atoms with van der Waals surface area (Å²) in [6, 6.07) is 21.9. The molecule has 0 unspecified atom stereocenters. The number of hydrogen-bond acceptors (Lipinski definition) is 6. The molecule has 7 nitrogen and oxygen atoms in total. The number of aryl methyl sites for hydroxylation is 1. The Bertz CT molecular complexity index is 1420. The van der Waals surface area contributed by atoms with E-state index in [0.29, 0.717) is 11.6 Å². The van der Waals surface area contributed by atoms with Crippen LogP contribution < -0.4 is 14.9 Å². The Morgan fingerprint density at radius 3 is 2.26 bits per heavy atom. The Balaban J connectivity index is 1.30. The second kappa shape index (κ2) is 9.30. The van der Waals surface area contributed by atoms with Gasteiger partial charge in [0.15, 0.2) is 0 Å². The van der Waals surface area contributed by atoms with Crippen LogP contribution >= 0.6 is 0 Å². The van der Waals surface area contributed by atoms with Gasteiger partial charge in [0.2, 0.25) is 5.95 Å². The van der Waals surface area contributed by atoms with Crippen LogP contribution in [0.15, 0.2) is 77.7 Å². The van der Waals surface area contributed by atoms with Gasteiger partial charge < -0.3 is 10.2 Å². The van der Waals surface area contributed by atoms with Gasteiger partial charge in [-0.3, -0.25) is 4.72 Å². The third kappa shape index (κ3) is 4.97. The van der Waals surface area contributed by atoms with Crippen LogP contribution in [0.2, 0.25) is 0 Å². The first-order valence-corrected chi connectivity index (χ1v) is 12.9. The Morgan fingerprint density at radius 1 is 0.794 bits per heavy atom. The van der Waals surface area contributed by atoms with Gasteiger partial charge in [-0.1, -0.05) is 30.3 Å². The monoisotopic (exact) mass is 473 g/mol. The molecule has 3 aromatic carbocycles. The molecule has 34 heavy (non-hydrogen) atoms. The number of rotatable bonds is 6. The lowest BCUT2D eigenvalue weighted by Crippen LogP contribution is -2.30. The number of anilines is 4. The van der Waals surface area contributed by atoms with E-state index in [1.807, 2.05) is 55.5 Å². The summed E-state index contributed by atoms with van der Waals surface area (Å²) >= 11 is 0. The van der Waals surface area contributed by atoms with Crippen molar-refractivity contribution in [1.29, 1.82) is 0 Å². The molecule has 2 heterocycles. The first kappa shape index (κ1) is 22.2. The molecular weight excluding hydrogens is 446 g/mol. The molecule has 1 fully saturated rings. The quantitative estimate of drug-likeness (QED) is 0.386. The maximum absolute atomic E-state index is 12.9. The van der Waals surface area contributed by atoms with Crippen molar-refractivity contribution in [2.75, 3.05) is 28.0 Å². The van der Waals surface area contributed by atoms with Crippen molar-refractivity contribution >= 4 is 43.9 Å². The highest BCUT2D eigenvalue weighted by molar-refractivity contribution is 7.92. The van der Waals surface area contributed by atoms with Crippen LogP contribution in [-0.4, -0.2) is 31.5 Å². The molecule has 4 aromatic rings. The topological polar surface area (TPSA) is 87.2 Å². The third-order valence-corrected chi connectivity index (χ3v) is 7.32. The number of sulfonamides is 1. The Morgan fingerprint density at radius 2 is 1.50 bits per heavy atom. The predicted octanol–water partition coefficient (Wildman–Crippen LogP) is 5.47. The van der Waals surface area contributed by atoms with E-state index in [2.05, 4.69) is 19.9 Å². The first-order valence-electron chi connectivity index (χ1n) is 11.5. The van der Waals surface area contributed by atoms with Gasteiger partial charge >= 0.3 is 0 Å². The van der Waals surface area contributed by atoms with Crippen molar-refractivity contribution in [3.05, 3.63) is 78.5 Å². The maximum atomic E-state index is 12.9. The second-order valence-electron chi connectivity index (χ2n) is 8.56. The predicted molar refractivity (Wildman–Crippen MR) is 137 cm³/mol. The third-order valence-electron chi connectivity index (χ3n) is 5.95. The van der Waals surface area contributed by atoms with Crippen LogP contribution in [0.1, 0.15) is 25.0 Å². The molecular formula is C26H27N5O2S. The summed E-state index contributed by atoms with van der Waals surface area (Å²) in [6.07, 6.45) is 3.63. The summed E-state index contributed by atoms with van der Waals surface area (Å²) in [4.78, 5) is 11.7. The van der Waals surface area contributed by atoms with E-state index in [9.17, 15) is 8.42 Å². The van der Waals surface area contributed by atoms with Gasteiger partial charge in [-0.25, -0.2) is 13.4 Å². The van der Waals surface area contributed by atoms with Crippen LogP contribution in [0.25, 0.3) is 10.8 Å². The van der Waals surface area contributed by atoms with Gasteiger partial charge in [-0.05, 0) is 73.4 Å². The van der Waals surface area contributed by atoms with Crippen LogP contribution in [0.5, 0.6) is 0 Å². The highest BCUT2D eigenvalue weighted by Crippen LogP contribution is 2.24. The number of nitrogens with one attached hydrogen (secondary N) is 2. The zero-order valence-corrected chi connectivity index (χ0v) is 19.8. The Hall–Kier alpha value is -3.65. The fraction of sp³-hybridized carbons (Fsp3) is 0.231. The summed E-state index contributed by atoms with van der Waals surface area (Å²) in [5.41, 5.74) is 2.17. The van der Waals surface area contributed by atoms with Crippen LogP contribution in [0.3, 0.4) is 0 Å². The lowest BCUT2D eigenvalue weighted by molar-refractivity contribution is 0.573. The van der Waals surface area contributed by atoms with Gasteiger partial charge in [0.25, 0.3) is 10.0 Å². The molecule has 1 aliphatic heterocycles. The smallest absolute Gasteiger partial charge is 0.261 e. The summed E-state index contributed by atoms with van der Waals surface area (Å²) in [6.45, 7) is 3.99. The van der Waals surface area contributed by atoms with Crippen LogP contribution in [0.4, 0.5) is 23.1 Å². The van der Waals surface area contributed by atoms with E-state index in [0.717, 1.165) is 41.1 Å². The normalized spacial score (nSPS) is 14.2. The standard InChI is InChI=1S/C26H27N5O2S/c1-19-17-25(31-15-5-2-6-16-31)29-26(27-19)28-22-10-12-23(13-11-22)30-34(32,33)24-14-9-20-7-3-4-8-21(20)18-24/h3-4,7-14,17-18,30H,2,5-6,15-16H2,1H3,(H,27,28,29). The Kier molecular flexibility index (Phi) is 6.06. The van der Waals surface area contributed by atoms with Crippen molar-refractivity contribution in [3.63, 3.8) is 0 Å². The SMILES string of the molecule is Cc1cc(N2CCCCC2)nc(Nc2ccc(NS(=O)(=O)c3ccc4ccccc4c3)cc2)n1. The average Bonchev–Trinajstić information content (AvgIpc) is 2.85. The largest absolute Gasteiger partial charge is 0.356 e. The van der Waals surface area contributed by atoms with Gasteiger partial charge in [0.1, 0.15) is 5.82 Å². The number of benzene rings is 3. The van der Waals surface area contributed by atoms with E-state index in [1.54, 1.807) is 24.3 Å². The van der Waals surface area contributed by atoms with E-state index in [-0.39, 0.29) is 4.90 Å². The highest BCUT2D eigenvalue weighted by Gasteiger charge is 2.16. The molecule has 2 N–H and O–H groups in total. The summed E-state index contributed by atoms with van der Waals surface area (Å²) in [5.74, 6) is 1.47. The first-order chi connectivity index (χ1) is 16.5. The van der Waals surface area contributed by atoms with Gasteiger partial charge in [-0.2, -0.15) is 4.98 Å². The van der Waals surface area contributed by atoms with Gasteiger partial charge in [0.05, 0.1) is 4.90 Å². The number of fused-ring (bicyclic) bond motifs is 1. The zero-order chi connectivity index (χ0) is 23.5. The molecule has 0 bridgehead atoms. The van der Waals surface area contributed by atoms with Crippen molar-refractivity contribution in [3.8, 4) is 0 Å². The van der Waals surface area contributed by atoms with Crippen LogP contribution in [-0.2, 0) is 10.0 Å². The number of aromatic nitrogens is 2. The second-order valence-corrected chi connectivity index (χ2v) is 10.2. The molecule has 0 atom stereocenters.